The van der Waals surface area contributed by atoms with Gasteiger partial charge in [-0.05, 0) is 25.8 Å². The van der Waals surface area contributed by atoms with Crippen molar-refractivity contribution in [1.29, 1.82) is 0 Å². The molecule has 0 heterocycles. The summed E-state index contributed by atoms with van der Waals surface area (Å²) in [6, 6.07) is 0. The lowest BCUT2D eigenvalue weighted by atomic mass is 10.1. The zero-order chi connectivity index (χ0) is 8.48. The van der Waals surface area contributed by atoms with Crippen LogP contribution in [-0.2, 0) is 10.1 Å². The number of allylic oxidation sites excluding steroid dienone is 4. The van der Waals surface area contributed by atoms with Crippen LogP contribution in [0.3, 0.4) is 0 Å². The molecule has 0 saturated carbocycles. The van der Waals surface area contributed by atoms with Gasteiger partial charge in [-0.1, -0.05) is 11.6 Å². The van der Waals surface area contributed by atoms with Gasteiger partial charge in [0.1, 0.15) is 10.1 Å². The summed E-state index contributed by atoms with van der Waals surface area (Å²) in [5.74, 6) is 0. The Hall–Kier alpha value is -0.610. The van der Waals surface area contributed by atoms with E-state index in [9.17, 15) is 13.0 Å². The van der Waals surface area contributed by atoms with E-state index in [1.807, 2.05) is 6.92 Å². The lowest BCUT2D eigenvalue weighted by molar-refractivity contribution is 0.468. The second-order valence-electron chi connectivity index (χ2n) is 2.60. The van der Waals surface area contributed by atoms with Crippen molar-refractivity contribution in [2.24, 2.45) is 0 Å². The molecule has 0 aromatic rings. The third kappa shape index (κ3) is 2.17. The Kier molecular flexibility index (Phi) is 2.15. The van der Waals surface area contributed by atoms with E-state index >= 15 is 0 Å². The molecule has 1 rings (SSSR count). The molecule has 0 unspecified atom stereocenters. The minimum Gasteiger partial charge on any atom is -0.744 e. The molecule has 0 aromatic heterocycles. The molecule has 11 heavy (non-hydrogen) atoms. The molecule has 0 aliphatic heterocycles. The third-order valence-electron chi connectivity index (χ3n) is 1.64. The van der Waals surface area contributed by atoms with E-state index in [2.05, 4.69) is 0 Å². The Morgan fingerprint density at radius 2 is 2.00 bits per heavy atom. The van der Waals surface area contributed by atoms with E-state index < -0.39 is 10.1 Å². The number of hydrogen-bond acceptors (Lipinski definition) is 3. The second kappa shape index (κ2) is 2.79. The minimum atomic E-state index is -4.18. The summed E-state index contributed by atoms with van der Waals surface area (Å²) in [6.07, 6.45) is 4.09. The monoisotopic (exact) mass is 173 g/mol. The first-order valence-corrected chi connectivity index (χ1v) is 4.73. The summed E-state index contributed by atoms with van der Waals surface area (Å²) in [5, 5.41) is 0. The predicted molar refractivity (Wildman–Crippen MR) is 40.8 cm³/mol. The van der Waals surface area contributed by atoms with Gasteiger partial charge in [-0.2, -0.15) is 0 Å². The van der Waals surface area contributed by atoms with E-state index in [0.29, 0.717) is 12.8 Å². The van der Waals surface area contributed by atoms with Gasteiger partial charge < -0.3 is 4.55 Å². The van der Waals surface area contributed by atoms with Gasteiger partial charge in [-0.3, -0.25) is 0 Å². The Bertz CT molecular complexity index is 309. The highest BCUT2D eigenvalue weighted by molar-refractivity contribution is 7.89. The molecular formula is C7H9O3S-. The van der Waals surface area contributed by atoms with Crippen LogP contribution in [0.2, 0.25) is 0 Å². The quantitative estimate of drug-likeness (QED) is 0.559. The SMILES string of the molecule is CC1=CC=C(S(=O)(=O)[O-])CC1. The fraction of sp³-hybridized carbons (Fsp3) is 0.429. The van der Waals surface area contributed by atoms with Gasteiger partial charge in [0, 0.05) is 4.91 Å². The lowest BCUT2D eigenvalue weighted by Gasteiger charge is -2.14. The molecule has 0 amide bonds. The number of rotatable bonds is 1. The van der Waals surface area contributed by atoms with Crippen LogP contribution in [0, 0.1) is 0 Å². The summed E-state index contributed by atoms with van der Waals surface area (Å²) in [7, 11) is -4.18. The van der Waals surface area contributed by atoms with Crippen molar-refractivity contribution < 1.29 is 13.0 Å². The predicted octanol–water partition coefficient (Wildman–Crippen LogP) is 1.16. The van der Waals surface area contributed by atoms with Crippen molar-refractivity contribution in [3.05, 3.63) is 22.6 Å². The zero-order valence-electron chi connectivity index (χ0n) is 6.20. The van der Waals surface area contributed by atoms with Crippen LogP contribution in [0.15, 0.2) is 22.6 Å². The average molecular weight is 173 g/mol. The summed E-state index contributed by atoms with van der Waals surface area (Å²) >= 11 is 0. The van der Waals surface area contributed by atoms with Crippen LogP contribution < -0.4 is 0 Å². The van der Waals surface area contributed by atoms with Gasteiger partial charge in [-0.15, -0.1) is 0 Å². The molecule has 0 spiro atoms. The smallest absolute Gasteiger partial charge is 0.120 e. The molecule has 0 atom stereocenters. The van der Waals surface area contributed by atoms with Crippen LogP contribution in [-0.4, -0.2) is 13.0 Å². The van der Waals surface area contributed by atoms with Crippen LogP contribution in [0.5, 0.6) is 0 Å². The maximum absolute atomic E-state index is 10.4. The van der Waals surface area contributed by atoms with Crippen molar-refractivity contribution in [3.63, 3.8) is 0 Å². The van der Waals surface area contributed by atoms with Crippen molar-refractivity contribution >= 4 is 10.1 Å². The fourth-order valence-electron chi connectivity index (χ4n) is 0.931. The summed E-state index contributed by atoms with van der Waals surface area (Å²) < 4.78 is 31.3. The second-order valence-corrected chi connectivity index (χ2v) is 4.03. The van der Waals surface area contributed by atoms with E-state index in [0.717, 1.165) is 5.57 Å². The Morgan fingerprint density at radius 1 is 1.36 bits per heavy atom. The maximum atomic E-state index is 10.4. The van der Waals surface area contributed by atoms with Gasteiger partial charge in [-0.25, -0.2) is 8.42 Å². The van der Waals surface area contributed by atoms with Crippen LogP contribution in [0.4, 0.5) is 0 Å². The van der Waals surface area contributed by atoms with E-state index in [1.54, 1.807) is 6.08 Å². The van der Waals surface area contributed by atoms with Crippen LogP contribution in [0.1, 0.15) is 19.8 Å². The molecule has 0 N–H and O–H groups in total. The normalized spacial score (nSPS) is 19.1. The molecule has 0 saturated heterocycles. The maximum Gasteiger partial charge on any atom is 0.120 e. The Balaban J connectivity index is 2.95. The van der Waals surface area contributed by atoms with Crippen molar-refractivity contribution in [1.82, 2.24) is 0 Å². The summed E-state index contributed by atoms with van der Waals surface area (Å²) in [5.41, 5.74) is 1.11. The molecule has 0 aromatic carbocycles. The Morgan fingerprint density at radius 3 is 2.36 bits per heavy atom. The van der Waals surface area contributed by atoms with Gasteiger partial charge in [0.25, 0.3) is 0 Å². The van der Waals surface area contributed by atoms with Crippen molar-refractivity contribution in [2.75, 3.05) is 0 Å². The molecule has 0 bridgehead atoms. The highest BCUT2D eigenvalue weighted by Crippen LogP contribution is 2.20. The average Bonchev–Trinajstić information content (AvgIpc) is 1.86. The Labute approximate surface area is 66.2 Å². The highest BCUT2D eigenvalue weighted by Gasteiger charge is 2.08. The highest BCUT2D eigenvalue weighted by atomic mass is 32.2. The van der Waals surface area contributed by atoms with Crippen molar-refractivity contribution in [2.45, 2.75) is 19.8 Å². The fourth-order valence-corrected chi connectivity index (χ4v) is 1.52. The summed E-state index contributed by atoms with van der Waals surface area (Å²) in [6.45, 7) is 1.91. The molecule has 3 nitrogen and oxygen atoms in total. The van der Waals surface area contributed by atoms with Crippen LogP contribution >= 0.6 is 0 Å². The van der Waals surface area contributed by atoms with E-state index in [1.165, 1.54) is 6.08 Å². The summed E-state index contributed by atoms with van der Waals surface area (Å²) in [4.78, 5) is 0.00287. The zero-order valence-corrected chi connectivity index (χ0v) is 7.02. The van der Waals surface area contributed by atoms with Crippen molar-refractivity contribution in [3.8, 4) is 0 Å². The van der Waals surface area contributed by atoms with Gasteiger partial charge in [0.15, 0.2) is 0 Å². The van der Waals surface area contributed by atoms with E-state index in [4.69, 9.17) is 0 Å². The van der Waals surface area contributed by atoms with Gasteiger partial charge >= 0.3 is 0 Å². The number of hydrogen-bond donors (Lipinski definition) is 0. The first-order valence-electron chi connectivity index (χ1n) is 3.32. The lowest BCUT2D eigenvalue weighted by Crippen LogP contribution is -2.04. The molecule has 62 valence electrons. The molecular weight excluding hydrogens is 164 g/mol. The minimum absolute atomic E-state index is 0.00287. The first kappa shape index (κ1) is 8.49. The molecule has 0 radical (unpaired) electrons. The molecule has 1 aliphatic carbocycles. The topological polar surface area (TPSA) is 57.2 Å². The largest absolute Gasteiger partial charge is 0.744 e. The first-order chi connectivity index (χ1) is 5.00. The molecule has 1 aliphatic rings. The third-order valence-corrected chi connectivity index (χ3v) is 2.62. The van der Waals surface area contributed by atoms with Crippen LogP contribution in [0.25, 0.3) is 0 Å². The molecule has 0 fully saturated rings. The molecule has 4 heteroatoms. The van der Waals surface area contributed by atoms with E-state index in [-0.39, 0.29) is 4.91 Å². The van der Waals surface area contributed by atoms with Gasteiger partial charge in [0.05, 0.1) is 0 Å². The standard InChI is InChI=1S/C7H10O3S/c1-6-2-4-7(5-3-6)11(8,9)10/h2,4H,3,5H2,1H3,(H,8,9,10)/p-1. The van der Waals surface area contributed by atoms with Gasteiger partial charge in [0.2, 0.25) is 0 Å².